The molecule has 0 fully saturated rings. The summed E-state index contributed by atoms with van der Waals surface area (Å²) in [7, 11) is 0. The molecule has 29 heavy (non-hydrogen) atoms. The number of anilines is 1. The SMILES string of the molecule is c1ccc(CNc2nnc(SCc3ccc(OCc4ccccn4)cc3)s2)cc1. The number of nitrogens with zero attached hydrogens (tertiary/aromatic N) is 3. The van der Waals surface area contributed by atoms with Crippen molar-refractivity contribution in [2.75, 3.05) is 5.32 Å². The van der Waals surface area contributed by atoms with Gasteiger partial charge in [0.25, 0.3) is 0 Å². The predicted molar refractivity (Wildman–Crippen MR) is 118 cm³/mol. The maximum absolute atomic E-state index is 5.78. The highest BCUT2D eigenvalue weighted by atomic mass is 32.2. The molecule has 0 saturated carbocycles. The minimum absolute atomic E-state index is 0.471. The van der Waals surface area contributed by atoms with Crippen molar-refractivity contribution < 1.29 is 4.74 Å². The normalized spacial score (nSPS) is 10.6. The average Bonchev–Trinajstić information content (AvgIpc) is 3.25. The maximum atomic E-state index is 5.78. The molecule has 0 bridgehead atoms. The fourth-order valence-corrected chi connectivity index (χ4v) is 4.28. The first-order valence-corrected chi connectivity index (χ1v) is 11.0. The van der Waals surface area contributed by atoms with Gasteiger partial charge >= 0.3 is 0 Å². The number of thioether (sulfide) groups is 1. The molecule has 5 nitrogen and oxygen atoms in total. The fraction of sp³-hybridized carbons (Fsp3) is 0.136. The first-order valence-electron chi connectivity index (χ1n) is 9.21. The molecule has 2 aromatic heterocycles. The first-order chi connectivity index (χ1) is 14.3. The maximum Gasteiger partial charge on any atom is 0.206 e. The smallest absolute Gasteiger partial charge is 0.206 e. The summed E-state index contributed by atoms with van der Waals surface area (Å²) in [6.07, 6.45) is 1.77. The fourth-order valence-electron chi connectivity index (χ4n) is 2.58. The van der Waals surface area contributed by atoms with E-state index in [0.29, 0.717) is 6.61 Å². The number of nitrogens with one attached hydrogen (secondary N) is 1. The van der Waals surface area contributed by atoms with E-state index in [1.165, 1.54) is 11.1 Å². The van der Waals surface area contributed by atoms with Crippen molar-refractivity contribution in [3.05, 3.63) is 95.8 Å². The molecule has 0 radical (unpaired) electrons. The summed E-state index contributed by atoms with van der Waals surface area (Å²) < 4.78 is 6.73. The number of ether oxygens (including phenoxy) is 1. The van der Waals surface area contributed by atoms with Gasteiger partial charge in [-0.15, -0.1) is 10.2 Å². The van der Waals surface area contributed by atoms with Crippen LogP contribution in [0.5, 0.6) is 5.75 Å². The summed E-state index contributed by atoms with van der Waals surface area (Å²) in [6, 6.07) is 24.2. The second kappa shape index (κ2) is 10.0. The zero-order valence-electron chi connectivity index (χ0n) is 15.7. The Morgan fingerprint density at radius 1 is 0.862 bits per heavy atom. The van der Waals surface area contributed by atoms with Crippen LogP contribution in [-0.4, -0.2) is 15.2 Å². The number of benzene rings is 2. The van der Waals surface area contributed by atoms with E-state index < -0.39 is 0 Å². The third-order valence-electron chi connectivity index (χ3n) is 4.09. The molecule has 2 heterocycles. The molecule has 0 aliphatic rings. The molecule has 0 saturated heterocycles. The van der Waals surface area contributed by atoms with Crippen LogP contribution >= 0.6 is 23.1 Å². The summed E-state index contributed by atoms with van der Waals surface area (Å²) in [5, 5.41) is 12.6. The Hall–Kier alpha value is -2.90. The summed E-state index contributed by atoms with van der Waals surface area (Å²) in [4.78, 5) is 4.26. The highest BCUT2D eigenvalue weighted by Gasteiger charge is 2.06. The molecule has 0 atom stereocenters. The minimum atomic E-state index is 0.471. The van der Waals surface area contributed by atoms with Gasteiger partial charge in [0, 0.05) is 18.5 Å². The molecule has 0 amide bonds. The zero-order valence-corrected chi connectivity index (χ0v) is 17.3. The van der Waals surface area contributed by atoms with E-state index in [0.717, 1.165) is 33.2 Å². The number of pyridine rings is 1. The molecule has 0 aliphatic carbocycles. The summed E-state index contributed by atoms with van der Waals surface area (Å²) in [5.41, 5.74) is 3.36. The van der Waals surface area contributed by atoms with E-state index in [1.54, 1.807) is 29.3 Å². The van der Waals surface area contributed by atoms with Crippen LogP contribution in [0.3, 0.4) is 0 Å². The lowest BCUT2D eigenvalue weighted by Gasteiger charge is -2.06. The Morgan fingerprint density at radius 3 is 2.48 bits per heavy atom. The third kappa shape index (κ3) is 6.04. The minimum Gasteiger partial charge on any atom is -0.487 e. The molecular weight excluding hydrogens is 400 g/mol. The van der Waals surface area contributed by atoms with E-state index in [-0.39, 0.29) is 0 Å². The van der Waals surface area contributed by atoms with Crippen molar-refractivity contribution in [2.24, 2.45) is 0 Å². The summed E-state index contributed by atoms with van der Waals surface area (Å²) in [5.74, 6) is 1.68. The number of rotatable bonds is 9. The van der Waals surface area contributed by atoms with Gasteiger partial charge in [-0.05, 0) is 35.4 Å². The molecule has 4 rings (SSSR count). The standard InChI is InChI=1S/C22H20N4OS2/c1-2-6-17(7-3-1)14-24-21-25-26-22(29-21)28-16-18-9-11-20(12-10-18)27-15-19-8-4-5-13-23-19/h1-13H,14-16H2,(H,24,25). The van der Waals surface area contributed by atoms with Gasteiger partial charge in [-0.25, -0.2) is 0 Å². The van der Waals surface area contributed by atoms with E-state index in [2.05, 4.69) is 44.8 Å². The van der Waals surface area contributed by atoms with Crippen LogP contribution in [0.15, 0.2) is 83.3 Å². The third-order valence-corrected chi connectivity index (χ3v) is 6.18. The van der Waals surface area contributed by atoms with Gasteiger partial charge in [-0.2, -0.15) is 0 Å². The van der Waals surface area contributed by atoms with Crippen molar-refractivity contribution in [3.63, 3.8) is 0 Å². The van der Waals surface area contributed by atoms with Gasteiger partial charge < -0.3 is 10.1 Å². The van der Waals surface area contributed by atoms with Crippen LogP contribution in [0.2, 0.25) is 0 Å². The first kappa shape index (κ1) is 19.4. The van der Waals surface area contributed by atoms with Crippen molar-refractivity contribution >= 4 is 28.2 Å². The second-order valence-electron chi connectivity index (χ2n) is 6.25. The molecule has 4 aromatic rings. The molecule has 1 N–H and O–H groups in total. The Balaban J connectivity index is 1.23. The van der Waals surface area contributed by atoms with E-state index >= 15 is 0 Å². The Bertz CT molecular complexity index is 1010. The Morgan fingerprint density at radius 2 is 1.69 bits per heavy atom. The molecule has 0 unspecified atom stereocenters. The van der Waals surface area contributed by atoms with Crippen LogP contribution in [0.4, 0.5) is 5.13 Å². The molecule has 0 spiro atoms. The lowest BCUT2D eigenvalue weighted by Crippen LogP contribution is -1.98. The molecule has 7 heteroatoms. The Kier molecular flexibility index (Phi) is 6.72. The molecule has 146 valence electrons. The zero-order chi connectivity index (χ0) is 19.7. The van der Waals surface area contributed by atoms with Gasteiger partial charge in [-0.1, -0.05) is 71.6 Å². The number of hydrogen-bond donors (Lipinski definition) is 1. The highest BCUT2D eigenvalue weighted by molar-refractivity contribution is 8.00. The highest BCUT2D eigenvalue weighted by Crippen LogP contribution is 2.29. The van der Waals surface area contributed by atoms with E-state index in [9.17, 15) is 0 Å². The summed E-state index contributed by atoms with van der Waals surface area (Å²) in [6.45, 7) is 1.22. The average molecular weight is 421 g/mol. The summed E-state index contributed by atoms with van der Waals surface area (Å²) >= 11 is 3.26. The van der Waals surface area contributed by atoms with Gasteiger partial charge in [0.2, 0.25) is 5.13 Å². The van der Waals surface area contributed by atoms with Gasteiger partial charge in [-0.3, -0.25) is 4.98 Å². The van der Waals surface area contributed by atoms with Crippen LogP contribution < -0.4 is 10.1 Å². The van der Waals surface area contributed by atoms with Crippen molar-refractivity contribution in [3.8, 4) is 5.75 Å². The van der Waals surface area contributed by atoms with Crippen LogP contribution in [-0.2, 0) is 18.9 Å². The topological polar surface area (TPSA) is 59.9 Å². The number of hydrogen-bond acceptors (Lipinski definition) is 7. The lowest BCUT2D eigenvalue weighted by atomic mass is 10.2. The van der Waals surface area contributed by atoms with E-state index in [4.69, 9.17) is 4.74 Å². The van der Waals surface area contributed by atoms with Crippen molar-refractivity contribution in [2.45, 2.75) is 23.2 Å². The van der Waals surface area contributed by atoms with Gasteiger partial charge in [0.05, 0.1) is 5.69 Å². The van der Waals surface area contributed by atoms with Gasteiger partial charge in [0.1, 0.15) is 12.4 Å². The second-order valence-corrected chi connectivity index (χ2v) is 8.45. The number of aromatic nitrogens is 3. The monoisotopic (exact) mass is 420 g/mol. The molecular formula is C22H20N4OS2. The predicted octanol–water partition coefficient (Wildman–Crippen LogP) is 5.42. The van der Waals surface area contributed by atoms with Crippen LogP contribution in [0.1, 0.15) is 16.8 Å². The van der Waals surface area contributed by atoms with Crippen LogP contribution in [0, 0.1) is 0 Å². The van der Waals surface area contributed by atoms with Crippen molar-refractivity contribution in [1.29, 1.82) is 0 Å². The van der Waals surface area contributed by atoms with Crippen molar-refractivity contribution in [1.82, 2.24) is 15.2 Å². The molecule has 0 aliphatic heterocycles. The van der Waals surface area contributed by atoms with E-state index in [1.807, 2.05) is 48.5 Å². The Labute approximate surface area is 178 Å². The lowest BCUT2D eigenvalue weighted by molar-refractivity contribution is 0.301. The largest absolute Gasteiger partial charge is 0.487 e. The van der Waals surface area contributed by atoms with Crippen LogP contribution in [0.25, 0.3) is 0 Å². The quantitative estimate of drug-likeness (QED) is 0.365. The molecule has 2 aromatic carbocycles. The van der Waals surface area contributed by atoms with Gasteiger partial charge in [0.15, 0.2) is 4.34 Å².